The molecule has 2 aromatic carbocycles. The smallest absolute Gasteiger partial charge is 0.311 e. The molecule has 1 N–H and O–H groups in total. The third kappa shape index (κ3) is 5.01. The summed E-state index contributed by atoms with van der Waals surface area (Å²) in [6.07, 6.45) is 5.22. The SMILES string of the molecule is C=CCCOC(=O)[C@H]1[C@H]2C(=O)N([C@H](CO)c3ccccc3)C(C(=O)N(CC=C)Cc3ccccc3)C23CC[C@]1(C)S3. The van der Waals surface area contributed by atoms with E-state index in [2.05, 4.69) is 13.2 Å². The van der Waals surface area contributed by atoms with Crippen LogP contribution in [0.25, 0.3) is 0 Å². The molecule has 8 heteroatoms. The van der Waals surface area contributed by atoms with E-state index in [1.54, 1.807) is 33.7 Å². The van der Waals surface area contributed by atoms with Gasteiger partial charge in [0.1, 0.15) is 6.04 Å². The van der Waals surface area contributed by atoms with E-state index in [4.69, 9.17) is 4.74 Å². The van der Waals surface area contributed by atoms with Crippen molar-refractivity contribution in [3.8, 4) is 0 Å². The number of thioether (sulfide) groups is 1. The zero-order valence-electron chi connectivity index (χ0n) is 23.5. The van der Waals surface area contributed by atoms with Crippen molar-refractivity contribution in [3.63, 3.8) is 0 Å². The van der Waals surface area contributed by atoms with Gasteiger partial charge >= 0.3 is 5.97 Å². The van der Waals surface area contributed by atoms with E-state index >= 15 is 0 Å². The first-order chi connectivity index (χ1) is 19.8. The third-order valence-corrected chi connectivity index (χ3v) is 10.8. The largest absolute Gasteiger partial charge is 0.465 e. The third-order valence-electron chi connectivity index (χ3n) is 8.84. The molecular formula is C33H38N2O5S. The molecule has 1 spiro atoms. The Balaban J connectivity index is 1.60. The molecule has 0 radical (unpaired) electrons. The van der Waals surface area contributed by atoms with Gasteiger partial charge in [-0.1, -0.05) is 72.8 Å². The first-order valence-corrected chi connectivity index (χ1v) is 15.0. The Morgan fingerprint density at radius 3 is 2.44 bits per heavy atom. The molecule has 2 bridgehead atoms. The maximum absolute atomic E-state index is 14.7. The van der Waals surface area contributed by atoms with Crippen molar-refractivity contribution < 1.29 is 24.2 Å². The van der Waals surface area contributed by atoms with Gasteiger partial charge in [0, 0.05) is 17.8 Å². The Kier molecular flexibility index (Phi) is 8.43. The number of hydrogen-bond donors (Lipinski definition) is 1. The van der Waals surface area contributed by atoms with E-state index in [-0.39, 0.29) is 25.0 Å². The minimum absolute atomic E-state index is 0.198. The van der Waals surface area contributed by atoms with Crippen LogP contribution >= 0.6 is 11.8 Å². The lowest BCUT2D eigenvalue weighted by atomic mass is 9.66. The maximum Gasteiger partial charge on any atom is 0.311 e. The fraction of sp³-hybridized carbons (Fsp3) is 0.424. The van der Waals surface area contributed by atoms with Crippen molar-refractivity contribution in [2.45, 2.75) is 54.3 Å². The van der Waals surface area contributed by atoms with Crippen molar-refractivity contribution in [2.24, 2.45) is 11.8 Å². The predicted octanol–water partition coefficient (Wildman–Crippen LogP) is 4.54. The van der Waals surface area contributed by atoms with Gasteiger partial charge in [0.2, 0.25) is 11.8 Å². The first kappa shape index (κ1) is 29.1. The van der Waals surface area contributed by atoms with Gasteiger partial charge in [-0.3, -0.25) is 14.4 Å². The second-order valence-electron chi connectivity index (χ2n) is 11.3. The minimum atomic E-state index is -0.862. The van der Waals surface area contributed by atoms with Gasteiger partial charge in [0.25, 0.3) is 0 Å². The van der Waals surface area contributed by atoms with Crippen molar-refractivity contribution in [2.75, 3.05) is 19.8 Å². The molecule has 3 aliphatic heterocycles. The summed E-state index contributed by atoms with van der Waals surface area (Å²) in [5, 5.41) is 10.7. The van der Waals surface area contributed by atoms with Gasteiger partial charge < -0.3 is 19.6 Å². The number of carbonyl (C=O) groups excluding carboxylic acids is 3. The second-order valence-corrected chi connectivity index (χ2v) is 13.2. The highest BCUT2D eigenvalue weighted by molar-refractivity contribution is 8.02. The number of amides is 2. The normalized spacial score (nSPS) is 28.7. The highest BCUT2D eigenvalue weighted by Gasteiger charge is 2.78. The molecule has 0 aliphatic carbocycles. The Hall–Kier alpha value is -3.36. The van der Waals surface area contributed by atoms with Crippen LogP contribution in [0.15, 0.2) is 86.0 Å². The van der Waals surface area contributed by atoms with Gasteiger partial charge in [-0.2, -0.15) is 0 Å². The van der Waals surface area contributed by atoms with Crippen molar-refractivity contribution in [1.82, 2.24) is 9.80 Å². The zero-order valence-corrected chi connectivity index (χ0v) is 24.3. The maximum atomic E-state index is 14.7. The molecule has 3 heterocycles. The van der Waals surface area contributed by atoms with Crippen molar-refractivity contribution in [1.29, 1.82) is 0 Å². The number of aliphatic hydroxyl groups is 1. The molecule has 3 saturated heterocycles. The Labute approximate surface area is 246 Å². The molecule has 7 nitrogen and oxygen atoms in total. The molecule has 3 aliphatic rings. The molecular weight excluding hydrogens is 536 g/mol. The number of benzene rings is 2. The monoisotopic (exact) mass is 574 g/mol. The number of nitrogens with zero attached hydrogens (tertiary/aromatic N) is 2. The number of ether oxygens (including phenoxy) is 1. The van der Waals surface area contributed by atoms with Gasteiger partial charge in [-0.05, 0) is 37.3 Å². The standard InChI is InChI=1S/C33H38N2O5S/c1-4-6-20-40-31(39)27-26-29(37)35(25(22-36)24-15-11-8-12-16-24)28(33(26)18-17-32(27,3)41-33)30(38)34(19-5-2)21-23-13-9-7-10-14-23/h4-5,7-16,25-28,36H,1-2,6,17-22H2,3H3/t25-,26+,27-,28?,32+,33?/m1/s1. The molecule has 5 rings (SSSR count). The Morgan fingerprint density at radius 2 is 1.80 bits per heavy atom. The summed E-state index contributed by atoms with van der Waals surface area (Å²) in [5.41, 5.74) is 1.71. The van der Waals surface area contributed by atoms with Crippen LogP contribution in [0.4, 0.5) is 0 Å². The molecule has 216 valence electrons. The summed E-state index contributed by atoms with van der Waals surface area (Å²) in [6, 6.07) is 17.4. The van der Waals surface area contributed by atoms with Crippen LogP contribution in [0.2, 0.25) is 0 Å². The van der Waals surface area contributed by atoms with Gasteiger partial charge in [-0.15, -0.1) is 24.9 Å². The van der Waals surface area contributed by atoms with E-state index in [0.29, 0.717) is 32.4 Å². The average Bonchev–Trinajstić information content (AvgIpc) is 3.55. The van der Waals surface area contributed by atoms with Gasteiger partial charge in [-0.25, -0.2) is 0 Å². The predicted molar refractivity (Wildman–Crippen MR) is 160 cm³/mol. The number of carbonyl (C=O) groups is 3. The molecule has 2 unspecified atom stereocenters. The van der Waals surface area contributed by atoms with E-state index < -0.39 is 39.4 Å². The van der Waals surface area contributed by atoms with E-state index in [0.717, 1.165) is 11.1 Å². The molecule has 3 fully saturated rings. The molecule has 0 saturated carbocycles. The number of hydrogen-bond acceptors (Lipinski definition) is 6. The van der Waals surface area contributed by atoms with E-state index in [9.17, 15) is 19.5 Å². The summed E-state index contributed by atoms with van der Waals surface area (Å²) in [4.78, 5) is 46.2. The molecule has 2 amide bonds. The number of esters is 1. The average molecular weight is 575 g/mol. The molecule has 2 aromatic rings. The van der Waals surface area contributed by atoms with Crippen LogP contribution in [0.1, 0.15) is 43.4 Å². The van der Waals surface area contributed by atoms with Gasteiger partial charge in [0.05, 0.1) is 35.8 Å². The Morgan fingerprint density at radius 1 is 1.12 bits per heavy atom. The van der Waals surface area contributed by atoms with Crippen LogP contribution in [-0.4, -0.2) is 68.0 Å². The fourth-order valence-electron chi connectivity index (χ4n) is 7.06. The highest BCUT2D eigenvalue weighted by Crippen LogP contribution is 2.72. The summed E-state index contributed by atoms with van der Waals surface area (Å²) in [6.45, 7) is 10.1. The molecule has 0 aromatic heterocycles. The fourth-order valence-corrected chi connectivity index (χ4v) is 9.39. The second kappa shape index (κ2) is 11.9. The number of aliphatic hydroxyl groups excluding tert-OH is 1. The summed E-state index contributed by atoms with van der Waals surface area (Å²) < 4.78 is 4.31. The lowest BCUT2D eigenvalue weighted by molar-refractivity contribution is -0.156. The topological polar surface area (TPSA) is 87.1 Å². The van der Waals surface area contributed by atoms with Crippen LogP contribution in [0.5, 0.6) is 0 Å². The highest BCUT2D eigenvalue weighted by atomic mass is 32.2. The Bertz CT molecular complexity index is 1300. The lowest BCUT2D eigenvalue weighted by Crippen LogP contribution is -2.55. The summed E-state index contributed by atoms with van der Waals surface area (Å²) in [7, 11) is 0. The summed E-state index contributed by atoms with van der Waals surface area (Å²) in [5.74, 6) is -2.28. The number of rotatable bonds is 12. The number of fused-ring (bicyclic) bond motifs is 1. The minimum Gasteiger partial charge on any atom is -0.465 e. The number of likely N-dealkylation sites (tertiary alicyclic amines) is 1. The van der Waals surface area contributed by atoms with Crippen LogP contribution in [0, 0.1) is 11.8 Å². The quantitative estimate of drug-likeness (QED) is 0.228. The van der Waals surface area contributed by atoms with E-state index in [1.165, 1.54) is 0 Å². The van der Waals surface area contributed by atoms with Gasteiger partial charge in [0.15, 0.2) is 0 Å². The lowest BCUT2D eigenvalue weighted by Gasteiger charge is -2.39. The zero-order chi connectivity index (χ0) is 29.2. The molecule has 6 atom stereocenters. The summed E-state index contributed by atoms with van der Waals surface area (Å²) >= 11 is 1.60. The molecule has 41 heavy (non-hydrogen) atoms. The van der Waals surface area contributed by atoms with Crippen LogP contribution in [0.3, 0.4) is 0 Å². The van der Waals surface area contributed by atoms with Crippen LogP contribution < -0.4 is 0 Å². The van der Waals surface area contributed by atoms with Crippen molar-refractivity contribution >= 4 is 29.5 Å². The van der Waals surface area contributed by atoms with Crippen molar-refractivity contribution in [3.05, 3.63) is 97.1 Å². The van der Waals surface area contributed by atoms with Crippen LogP contribution in [-0.2, 0) is 25.7 Å². The first-order valence-electron chi connectivity index (χ1n) is 14.2. The van der Waals surface area contributed by atoms with E-state index in [1.807, 2.05) is 67.6 Å².